The first-order valence-corrected chi connectivity index (χ1v) is 11.5. The number of nitrogens with zero attached hydrogens (tertiary/aromatic N) is 5. The molecule has 0 radical (unpaired) electrons. The molecule has 1 aliphatic heterocycles. The van der Waals surface area contributed by atoms with Crippen LogP contribution >= 0.6 is 11.8 Å². The van der Waals surface area contributed by atoms with Gasteiger partial charge in [0.25, 0.3) is 11.2 Å². The average molecular weight is 487 g/mol. The minimum atomic E-state index is -0.592. The molecule has 3 aromatic rings. The highest BCUT2D eigenvalue weighted by molar-refractivity contribution is 8.00. The largest absolute Gasteiger partial charge is 0.376 e. The summed E-state index contributed by atoms with van der Waals surface area (Å²) in [6.45, 7) is 1.09. The number of thioether (sulfide) groups is 1. The molecule has 1 aromatic carbocycles. The number of non-ortho nitro benzene ring substituents is 1. The zero-order valence-corrected chi connectivity index (χ0v) is 19.3. The van der Waals surface area contributed by atoms with Gasteiger partial charge in [0, 0.05) is 44.9 Å². The topological polar surface area (TPSA) is 151 Å². The Balaban J connectivity index is 1.73. The quantitative estimate of drug-likeness (QED) is 0.223. The fourth-order valence-corrected chi connectivity index (χ4v) is 4.48. The van der Waals surface area contributed by atoms with Crippen LogP contribution in [0.15, 0.2) is 38.9 Å². The van der Waals surface area contributed by atoms with Crippen molar-refractivity contribution in [3.05, 3.63) is 55.2 Å². The number of fused-ring (bicyclic) bond motifs is 1. The molecule has 1 aliphatic rings. The van der Waals surface area contributed by atoms with E-state index >= 15 is 0 Å². The van der Waals surface area contributed by atoms with Crippen molar-refractivity contribution in [2.45, 2.75) is 24.0 Å². The molecule has 4 rings (SSSR count). The van der Waals surface area contributed by atoms with E-state index in [1.807, 2.05) is 0 Å². The SMILES string of the molecule is Cn1c(=O)c2c(SCC(=O)NCC3CCCO3)nc(-c3cccc([N+](=O)[O-])c3)nc2n(C)c1=O. The molecule has 1 N–H and O–H groups in total. The third-order valence-electron chi connectivity index (χ3n) is 5.47. The molecular formula is C21H22N6O6S. The molecule has 1 atom stereocenters. The second kappa shape index (κ2) is 9.73. The number of hydrogen-bond donors (Lipinski definition) is 1. The number of amides is 1. The van der Waals surface area contributed by atoms with E-state index in [0.717, 1.165) is 29.2 Å². The number of carbonyl (C=O) groups excluding carboxylic acids is 1. The van der Waals surface area contributed by atoms with Gasteiger partial charge in [0.15, 0.2) is 11.5 Å². The van der Waals surface area contributed by atoms with Crippen molar-refractivity contribution in [1.82, 2.24) is 24.4 Å². The molecular weight excluding hydrogens is 464 g/mol. The molecule has 1 unspecified atom stereocenters. The van der Waals surface area contributed by atoms with E-state index in [1.165, 1.54) is 36.9 Å². The lowest BCUT2D eigenvalue weighted by molar-refractivity contribution is -0.384. The number of aryl methyl sites for hydroxylation is 1. The Bertz CT molecular complexity index is 1390. The number of hydrogen-bond acceptors (Lipinski definition) is 9. The molecule has 0 spiro atoms. The average Bonchev–Trinajstić information content (AvgIpc) is 3.37. The van der Waals surface area contributed by atoms with Gasteiger partial charge in [0.05, 0.1) is 16.8 Å². The first-order valence-electron chi connectivity index (χ1n) is 10.5. The Morgan fingerprint density at radius 1 is 1.29 bits per heavy atom. The summed E-state index contributed by atoms with van der Waals surface area (Å²) in [7, 11) is 2.82. The van der Waals surface area contributed by atoms with Crippen molar-refractivity contribution in [3.8, 4) is 11.4 Å². The third kappa shape index (κ3) is 4.70. The van der Waals surface area contributed by atoms with Crippen LogP contribution in [0.5, 0.6) is 0 Å². The maximum atomic E-state index is 12.9. The number of carbonyl (C=O) groups is 1. The summed E-state index contributed by atoms with van der Waals surface area (Å²) in [5, 5.41) is 14.3. The fraction of sp³-hybridized carbons (Fsp3) is 0.381. The summed E-state index contributed by atoms with van der Waals surface area (Å²) in [4.78, 5) is 57.3. The van der Waals surface area contributed by atoms with E-state index < -0.39 is 16.2 Å². The van der Waals surface area contributed by atoms with Crippen molar-refractivity contribution in [2.75, 3.05) is 18.9 Å². The van der Waals surface area contributed by atoms with Gasteiger partial charge < -0.3 is 10.1 Å². The molecule has 1 fully saturated rings. The van der Waals surface area contributed by atoms with Crippen LogP contribution in [-0.4, -0.2) is 54.9 Å². The first kappa shape index (κ1) is 23.6. The molecule has 34 heavy (non-hydrogen) atoms. The number of rotatable bonds is 7. The van der Waals surface area contributed by atoms with Gasteiger partial charge in [-0.25, -0.2) is 14.8 Å². The molecule has 13 heteroatoms. The predicted octanol–water partition coefficient (Wildman–Crippen LogP) is 0.990. The molecule has 0 bridgehead atoms. The Labute approximate surface area is 197 Å². The van der Waals surface area contributed by atoms with E-state index in [0.29, 0.717) is 18.7 Å². The summed E-state index contributed by atoms with van der Waals surface area (Å²) >= 11 is 1.03. The molecule has 2 aromatic heterocycles. The number of nitro benzene ring substituents is 1. The van der Waals surface area contributed by atoms with Gasteiger partial charge in [-0.3, -0.25) is 28.8 Å². The smallest absolute Gasteiger partial charge is 0.332 e. The third-order valence-corrected chi connectivity index (χ3v) is 6.45. The van der Waals surface area contributed by atoms with Crippen molar-refractivity contribution in [2.24, 2.45) is 14.1 Å². The highest BCUT2D eigenvalue weighted by atomic mass is 32.2. The Morgan fingerprint density at radius 3 is 2.79 bits per heavy atom. The maximum absolute atomic E-state index is 12.9. The Hall–Kier alpha value is -3.58. The Kier molecular flexibility index (Phi) is 6.75. The van der Waals surface area contributed by atoms with E-state index in [1.54, 1.807) is 6.07 Å². The van der Waals surface area contributed by atoms with Crippen LogP contribution in [0.1, 0.15) is 12.8 Å². The first-order chi connectivity index (χ1) is 16.3. The van der Waals surface area contributed by atoms with E-state index in [-0.39, 0.29) is 45.3 Å². The van der Waals surface area contributed by atoms with Crippen LogP contribution in [0, 0.1) is 10.1 Å². The zero-order valence-electron chi connectivity index (χ0n) is 18.5. The molecule has 3 heterocycles. The van der Waals surface area contributed by atoms with Crippen LogP contribution in [0.2, 0.25) is 0 Å². The summed E-state index contributed by atoms with van der Waals surface area (Å²) in [5.41, 5.74) is -0.903. The molecule has 12 nitrogen and oxygen atoms in total. The van der Waals surface area contributed by atoms with Crippen molar-refractivity contribution >= 4 is 34.4 Å². The van der Waals surface area contributed by atoms with Gasteiger partial charge >= 0.3 is 5.69 Å². The van der Waals surface area contributed by atoms with Gasteiger partial charge in [0.2, 0.25) is 5.91 Å². The van der Waals surface area contributed by atoms with E-state index in [4.69, 9.17) is 4.74 Å². The highest BCUT2D eigenvalue weighted by Crippen LogP contribution is 2.27. The minimum absolute atomic E-state index is 0.00359. The number of aromatic nitrogens is 4. The summed E-state index contributed by atoms with van der Waals surface area (Å²) in [6.07, 6.45) is 1.85. The van der Waals surface area contributed by atoms with Crippen LogP contribution in [-0.2, 0) is 23.6 Å². The molecule has 1 saturated heterocycles. The second-order valence-corrected chi connectivity index (χ2v) is 8.76. The molecule has 178 valence electrons. The van der Waals surface area contributed by atoms with E-state index in [9.17, 15) is 24.5 Å². The van der Waals surface area contributed by atoms with Gasteiger partial charge in [-0.05, 0) is 12.8 Å². The van der Waals surface area contributed by atoms with Crippen LogP contribution < -0.4 is 16.6 Å². The van der Waals surface area contributed by atoms with Gasteiger partial charge in [-0.1, -0.05) is 23.9 Å². The van der Waals surface area contributed by atoms with Crippen LogP contribution in [0.3, 0.4) is 0 Å². The predicted molar refractivity (Wildman–Crippen MR) is 125 cm³/mol. The summed E-state index contributed by atoms with van der Waals surface area (Å²) in [6, 6.07) is 5.73. The monoisotopic (exact) mass is 486 g/mol. The highest BCUT2D eigenvalue weighted by Gasteiger charge is 2.21. The van der Waals surface area contributed by atoms with Gasteiger partial charge in [-0.15, -0.1) is 0 Å². The lowest BCUT2D eigenvalue weighted by Crippen LogP contribution is -2.38. The minimum Gasteiger partial charge on any atom is -0.376 e. The number of nitro groups is 1. The second-order valence-electron chi connectivity index (χ2n) is 7.79. The van der Waals surface area contributed by atoms with Crippen molar-refractivity contribution in [3.63, 3.8) is 0 Å². The molecule has 0 saturated carbocycles. The lowest BCUT2D eigenvalue weighted by atomic mass is 10.2. The van der Waals surface area contributed by atoms with Gasteiger partial charge in [-0.2, -0.15) is 0 Å². The van der Waals surface area contributed by atoms with Gasteiger partial charge in [0.1, 0.15) is 10.4 Å². The zero-order chi connectivity index (χ0) is 24.4. The lowest BCUT2D eigenvalue weighted by Gasteiger charge is -2.13. The Morgan fingerprint density at radius 2 is 2.09 bits per heavy atom. The number of ether oxygens (including phenoxy) is 1. The normalized spacial score (nSPS) is 15.5. The van der Waals surface area contributed by atoms with E-state index in [2.05, 4.69) is 15.3 Å². The summed E-state index contributed by atoms with van der Waals surface area (Å²) < 4.78 is 7.66. The number of nitrogens with one attached hydrogen (secondary N) is 1. The maximum Gasteiger partial charge on any atom is 0.332 e. The standard InChI is InChI=1S/C21H22N6O6S/c1-25-18-16(20(29)26(2)21(25)30)19(34-11-15(28)22-10-14-7-4-8-33-14)24-17(23-18)12-5-3-6-13(9-12)27(31)32/h3,5-6,9,14H,4,7-8,10-11H2,1-2H3,(H,22,28). The molecule has 1 amide bonds. The summed E-state index contributed by atoms with van der Waals surface area (Å²) in [5.74, 6) is -0.188. The van der Waals surface area contributed by atoms with Crippen molar-refractivity contribution in [1.29, 1.82) is 0 Å². The number of benzene rings is 1. The van der Waals surface area contributed by atoms with Crippen LogP contribution in [0.25, 0.3) is 22.4 Å². The molecule has 0 aliphatic carbocycles. The van der Waals surface area contributed by atoms with Crippen LogP contribution in [0.4, 0.5) is 5.69 Å². The van der Waals surface area contributed by atoms with Crippen molar-refractivity contribution < 1.29 is 14.5 Å². The fourth-order valence-electron chi connectivity index (χ4n) is 3.64.